The molecule has 0 bridgehead atoms. The second kappa shape index (κ2) is 8.12. The molecule has 5 rings (SSSR count). The molecular formula is C23H18ClN7. The molecule has 0 unspecified atom stereocenters. The van der Waals surface area contributed by atoms with Crippen molar-refractivity contribution in [1.29, 1.82) is 0 Å². The Morgan fingerprint density at radius 3 is 2.68 bits per heavy atom. The summed E-state index contributed by atoms with van der Waals surface area (Å²) in [6.07, 6.45) is 6.69. The van der Waals surface area contributed by atoms with Crippen LogP contribution in [-0.2, 0) is 0 Å². The minimum Gasteiger partial charge on any atom is -0.348 e. The van der Waals surface area contributed by atoms with Crippen molar-refractivity contribution in [3.63, 3.8) is 0 Å². The number of imidazole rings is 1. The third-order valence-corrected chi connectivity index (χ3v) is 5.16. The van der Waals surface area contributed by atoms with Crippen molar-refractivity contribution in [2.45, 2.75) is 13.0 Å². The highest BCUT2D eigenvalue weighted by Crippen LogP contribution is 2.25. The molecule has 5 aromatic rings. The van der Waals surface area contributed by atoms with E-state index >= 15 is 0 Å². The first-order valence-electron chi connectivity index (χ1n) is 9.77. The van der Waals surface area contributed by atoms with Crippen LogP contribution < -0.4 is 5.32 Å². The van der Waals surface area contributed by atoms with Gasteiger partial charge in [-0.05, 0) is 30.7 Å². The Kier molecular flexibility index (Phi) is 5.01. The van der Waals surface area contributed by atoms with Crippen molar-refractivity contribution in [2.75, 3.05) is 5.32 Å². The van der Waals surface area contributed by atoms with E-state index in [1.165, 1.54) is 11.8 Å². The van der Waals surface area contributed by atoms with Gasteiger partial charge in [0.05, 0.1) is 35.2 Å². The van der Waals surface area contributed by atoms with Crippen LogP contribution in [0.5, 0.6) is 0 Å². The Morgan fingerprint density at radius 2 is 1.84 bits per heavy atom. The van der Waals surface area contributed by atoms with Gasteiger partial charge < -0.3 is 5.32 Å². The number of aromatic nitrogens is 6. The monoisotopic (exact) mass is 427 g/mol. The SMILES string of the molecule is C[C@H](Nc1nccc(-n2cnc3cc(-c4cncc(Cl)n4)ccc32)n1)c1ccccc1. The number of nitrogens with zero attached hydrogens (tertiary/aromatic N) is 6. The van der Waals surface area contributed by atoms with Crippen LogP contribution in [0.4, 0.5) is 5.95 Å². The molecule has 31 heavy (non-hydrogen) atoms. The number of hydrogen-bond acceptors (Lipinski definition) is 6. The van der Waals surface area contributed by atoms with Crippen LogP contribution in [0.3, 0.4) is 0 Å². The van der Waals surface area contributed by atoms with E-state index in [4.69, 9.17) is 11.6 Å². The summed E-state index contributed by atoms with van der Waals surface area (Å²) in [6, 6.07) is 18.1. The lowest BCUT2D eigenvalue weighted by atomic mass is 10.1. The van der Waals surface area contributed by atoms with Crippen molar-refractivity contribution < 1.29 is 0 Å². The topological polar surface area (TPSA) is 81.4 Å². The zero-order valence-corrected chi connectivity index (χ0v) is 17.4. The molecule has 0 saturated carbocycles. The lowest BCUT2D eigenvalue weighted by Crippen LogP contribution is -2.10. The maximum Gasteiger partial charge on any atom is 0.225 e. The van der Waals surface area contributed by atoms with Crippen molar-refractivity contribution in [2.24, 2.45) is 0 Å². The van der Waals surface area contributed by atoms with E-state index in [1.54, 1.807) is 18.7 Å². The van der Waals surface area contributed by atoms with Crippen LogP contribution in [0.2, 0.25) is 5.15 Å². The highest BCUT2D eigenvalue weighted by atomic mass is 35.5. The number of fused-ring (bicyclic) bond motifs is 1. The van der Waals surface area contributed by atoms with Gasteiger partial charge in [0.2, 0.25) is 5.95 Å². The van der Waals surface area contributed by atoms with Crippen molar-refractivity contribution >= 4 is 28.6 Å². The fraction of sp³-hybridized carbons (Fsp3) is 0.0870. The van der Waals surface area contributed by atoms with E-state index < -0.39 is 0 Å². The van der Waals surface area contributed by atoms with Gasteiger partial charge in [0.25, 0.3) is 0 Å². The molecule has 0 aliphatic heterocycles. The molecule has 152 valence electrons. The summed E-state index contributed by atoms with van der Waals surface area (Å²) in [4.78, 5) is 22.0. The minimum absolute atomic E-state index is 0.0809. The highest BCUT2D eigenvalue weighted by molar-refractivity contribution is 6.29. The predicted molar refractivity (Wildman–Crippen MR) is 121 cm³/mol. The first-order valence-corrected chi connectivity index (χ1v) is 10.1. The Morgan fingerprint density at radius 1 is 0.968 bits per heavy atom. The summed E-state index contributed by atoms with van der Waals surface area (Å²) in [5.41, 5.74) is 4.52. The van der Waals surface area contributed by atoms with E-state index in [9.17, 15) is 0 Å². The van der Waals surface area contributed by atoms with Gasteiger partial charge in [0, 0.05) is 11.8 Å². The lowest BCUT2D eigenvalue weighted by Gasteiger charge is -2.14. The Hall–Kier alpha value is -3.84. The van der Waals surface area contributed by atoms with Gasteiger partial charge in [-0.2, -0.15) is 4.98 Å². The minimum atomic E-state index is 0.0809. The van der Waals surface area contributed by atoms with Crippen LogP contribution in [0.1, 0.15) is 18.5 Å². The van der Waals surface area contributed by atoms with Crippen LogP contribution >= 0.6 is 11.6 Å². The molecule has 3 heterocycles. The summed E-state index contributed by atoms with van der Waals surface area (Å²) >= 11 is 5.97. The number of benzene rings is 2. The molecule has 1 atom stereocenters. The first kappa shape index (κ1) is 19.1. The van der Waals surface area contributed by atoms with Gasteiger partial charge in [-0.15, -0.1) is 0 Å². The number of nitrogens with one attached hydrogen (secondary N) is 1. The summed E-state index contributed by atoms with van der Waals surface area (Å²) < 4.78 is 1.93. The van der Waals surface area contributed by atoms with Gasteiger partial charge in [-0.1, -0.05) is 48.0 Å². The van der Waals surface area contributed by atoms with Crippen LogP contribution in [0.25, 0.3) is 28.1 Å². The quantitative estimate of drug-likeness (QED) is 0.420. The normalized spacial score (nSPS) is 12.1. The maximum atomic E-state index is 5.97. The molecule has 0 aliphatic carbocycles. The second-order valence-electron chi connectivity index (χ2n) is 7.06. The number of hydrogen-bond donors (Lipinski definition) is 1. The number of rotatable bonds is 5. The summed E-state index contributed by atoms with van der Waals surface area (Å²) in [6.45, 7) is 2.08. The van der Waals surface area contributed by atoms with E-state index in [-0.39, 0.29) is 6.04 Å². The van der Waals surface area contributed by atoms with Crippen molar-refractivity contribution in [3.8, 4) is 17.1 Å². The fourth-order valence-corrected chi connectivity index (χ4v) is 3.55. The van der Waals surface area contributed by atoms with Gasteiger partial charge in [0.15, 0.2) is 0 Å². The van der Waals surface area contributed by atoms with Crippen LogP contribution in [-0.4, -0.2) is 29.5 Å². The standard InChI is InChI=1S/C23H18ClN7/c1-15(16-5-3-2-4-6-16)28-23-26-10-9-22(30-23)31-14-27-18-11-17(7-8-20(18)31)19-12-25-13-21(24)29-19/h2-15H,1H3,(H,26,28,30)/t15-/m0/s1. The van der Waals surface area contributed by atoms with E-state index in [0.717, 1.165) is 22.4 Å². The first-order chi connectivity index (χ1) is 15.2. The highest BCUT2D eigenvalue weighted by Gasteiger charge is 2.11. The molecule has 0 saturated heterocycles. The molecule has 0 fully saturated rings. The Bertz CT molecular complexity index is 1350. The molecule has 8 heteroatoms. The van der Waals surface area contributed by atoms with Crippen molar-refractivity contribution in [1.82, 2.24) is 29.5 Å². The summed E-state index contributed by atoms with van der Waals surface area (Å²) in [7, 11) is 0. The Balaban J connectivity index is 1.45. The average molecular weight is 428 g/mol. The molecule has 7 nitrogen and oxygen atoms in total. The smallest absolute Gasteiger partial charge is 0.225 e. The predicted octanol–water partition coefficient (Wildman–Crippen LogP) is 5.10. The zero-order valence-electron chi connectivity index (χ0n) is 16.6. The molecule has 0 spiro atoms. The summed E-state index contributed by atoms with van der Waals surface area (Å²) in [5, 5.41) is 3.72. The van der Waals surface area contributed by atoms with Gasteiger partial charge >= 0.3 is 0 Å². The van der Waals surface area contributed by atoms with Gasteiger partial charge in [0.1, 0.15) is 17.3 Å². The lowest BCUT2D eigenvalue weighted by molar-refractivity contribution is 0.854. The molecule has 0 amide bonds. The third-order valence-electron chi connectivity index (χ3n) is 4.98. The van der Waals surface area contributed by atoms with E-state index in [0.29, 0.717) is 16.8 Å². The second-order valence-corrected chi connectivity index (χ2v) is 7.45. The largest absolute Gasteiger partial charge is 0.348 e. The zero-order chi connectivity index (χ0) is 21.2. The third kappa shape index (κ3) is 3.95. The molecule has 3 aromatic heterocycles. The van der Waals surface area contributed by atoms with Gasteiger partial charge in [-0.3, -0.25) is 9.55 Å². The molecule has 0 radical (unpaired) electrons. The van der Waals surface area contributed by atoms with E-state index in [1.807, 2.05) is 47.0 Å². The molecular weight excluding hydrogens is 410 g/mol. The van der Waals surface area contributed by atoms with E-state index in [2.05, 4.69) is 49.3 Å². The fourth-order valence-electron chi connectivity index (χ4n) is 3.41. The summed E-state index contributed by atoms with van der Waals surface area (Å²) in [5.74, 6) is 1.29. The average Bonchev–Trinajstić information content (AvgIpc) is 3.23. The number of halogens is 1. The Labute approximate surface area is 183 Å². The van der Waals surface area contributed by atoms with Gasteiger partial charge in [-0.25, -0.2) is 15.0 Å². The molecule has 0 aliphatic rings. The maximum absolute atomic E-state index is 5.97. The van der Waals surface area contributed by atoms with Crippen LogP contribution in [0.15, 0.2) is 79.5 Å². The molecule has 2 aromatic carbocycles. The number of anilines is 1. The molecule has 1 N–H and O–H groups in total. The van der Waals surface area contributed by atoms with Crippen molar-refractivity contribution in [3.05, 3.63) is 90.2 Å². The van der Waals surface area contributed by atoms with Crippen LogP contribution in [0, 0.1) is 0 Å².